The number of hydrogen-bond acceptors (Lipinski definition) is 3. The van der Waals surface area contributed by atoms with E-state index < -0.39 is 0 Å². The predicted molar refractivity (Wildman–Crippen MR) is 59.7 cm³/mol. The van der Waals surface area contributed by atoms with Gasteiger partial charge in [-0.25, -0.2) is 6.57 Å². The van der Waals surface area contributed by atoms with Crippen LogP contribution in [0, 0.1) is 13.5 Å². The zero-order valence-corrected chi connectivity index (χ0v) is 12.5. The molecule has 15 heavy (non-hydrogen) atoms. The van der Waals surface area contributed by atoms with Gasteiger partial charge in [-0.1, -0.05) is 0 Å². The van der Waals surface area contributed by atoms with Gasteiger partial charge >= 0.3 is 0 Å². The van der Waals surface area contributed by atoms with Gasteiger partial charge in [0.25, 0.3) is 0 Å². The summed E-state index contributed by atoms with van der Waals surface area (Å²) in [5.74, 6) is 0. The molecule has 4 nitrogen and oxygen atoms in total. The molecule has 0 radical (unpaired) electrons. The molecular formula is C10H24NO3Zr-. The van der Waals surface area contributed by atoms with Gasteiger partial charge in [0, 0.05) is 46.0 Å². The van der Waals surface area contributed by atoms with Gasteiger partial charge in [-0.05, 0) is 20.8 Å². The summed E-state index contributed by atoms with van der Waals surface area (Å²) in [4.78, 5) is 3.04. The van der Waals surface area contributed by atoms with Crippen molar-refractivity contribution in [2.24, 2.45) is 0 Å². The normalized spacial score (nSPS) is 5.73. The third-order valence-electron chi connectivity index (χ3n) is 0.270. The van der Waals surface area contributed by atoms with Crippen molar-refractivity contribution < 1.29 is 41.5 Å². The second-order valence-corrected chi connectivity index (χ2v) is 1.68. The number of hydrogen-bond donors (Lipinski definition) is 3. The fourth-order valence-electron chi connectivity index (χ4n) is 0.0791. The van der Waals surface area contributed by atoms with Crippen LogP contribution in [0.15, 0.2) is 0 Å². The minimum absolute atomic E-state index is 0. The molecule has 0 aliphatic heterocycles. The summed E-state index contributed by atoms with van der Waals surface area (Å²) >= 11 is 0. The van der Waals surface area contributed by atoms with Gasteiger partial charge in [0.2, 0.25) is 0 Å². The predicted octanol–water partition coefficient (Wildman–Crippen LogP) is 1.12. The zero-order chi connectivity index (χ0) is 12.2. The Balaban J connectivity index is -0.0000000300. The standard InChI is InChI=1S/C4H6N.3C2H6O.Zr/c1-3-4-5-2;3*1-2-3;/h1,3-4H2;3*3H,2H2,1H3;/q-1;;;;. The molecule has 0 amide bonds. The van der Waals surface area contributed by atoms with Crippen LogP contribution in [0.4, 0.5) is 0 Å². The number of aliphatic hydroxyl groups is 3. The Morgan fingerprint density at radius 3 is 1.20 bits per heavy atom. The van der Waals surface area contributed by atoms with Crippen molar-refractivity contribution in [3.8, 4) is 0 Å². The zero-order valence-electron chi connectivity index (χ0n) is 10.0. The largest absolute Gasteiger partial charge is 0.397 e. The van der Waals surface area contributed by atoms with Crippen molar-refractivity contribution in [3.05, 3.63) is 18.3 Å². The van der Waals surface area contributed by atoms with Crippen molar-refractivity contribution >= 4 is 0 Å². The maximum Gasteiger partial charge on any atom is 0.188 e. The SMILES string of the molecule is CCO.CCO.CCO.[C-]#[N+]CC[CH2-].[Zr]. The molecule has 0 spiro atoms. The van der Waals surface area contributed by atoms with E-state index >= 15 is 0 Å². The molecule has 0 saturated carbocycles. The molecule has 0 rings (SSSR count). The van der Waals surface area contributed by atoms with Crippen LogP contribution in [0.25, 0.3) is 4.85 Å². The molecular weight excluding hydrogens is 273 g/mol. The second-order valence-electron chi connectivity index (χ2n) is 1.68. The Bertz CT molecular complexity index is 82.5. The Morgan fingerprint density at radius 2 is 1.20 bits per heavy atom. The number of nitrogens with zero attached hydrogens (tertiary/aromatic N) is 1. The van der Waals surface area contributed by atoms with Crippen molar-refractivity contribution in [2.75, 3.05) is 26.4 Å². The minimum atomic E-state index is 0. The maximum atomic E-state index is 7.57. The molecule has 3 N–H and O–H groups in total. The summed E-state index contributed by atoms with van der Waals surface area (Å²) in [6.07, 6.45) is 0.740. The van der Waals surface area contributed by atoms with Crippen molar-refractivity contribution in [1.29, 1.82) is 0 Å². The molecule has 0 heterocycles. The molecule has 0 aliphatic carbocycles. The first kappa shape index (κ1) is 29.5. The fraction of sp³-hybridized carbons (Fsp3) is 0.800. The first-order valence-electron chi connectivity index (χ1n) is 4.61. The van der Waals surface area contributed by atoms with Crippen LogP contribution in [0.5, 0.6) is 0 Å². The molecule has 0 aromatic carbocycles. The third-order valence-corrected chi connectivity index (χ3v) is 0.270. The monoisotopic (exact) mass is 296 g/mol. The Hall–Kier alpha value is 0.253. The van der Waals surface area contributed by atoms with Crippen LogP contribution in [-0.2, 0) is 26.2 Å². The van der Waals surface area contributed by atoms with Gasteiger partial charge in [0.15, 0.2) is 6.54 Å². The Labute approximate surface area is 113 Å². The van der Waals surface area contributed by atoms with Gasteiger partial charge in [0.1, 0.15) is 0 Å². The van der Waals surface area contributed by atoms with Gasteiger partial charge in [-0.3, -0.25) is 0 Å². The number of aliphatic hydroxyl groups excluding tert-OH is 3. The van der Waals surface area contributed by atoms with E-state index in [4.69, 9.17) is 21.9 Å². The van der Waals surface area contributed by atoms with E-state index in [0.717, 1.165) is 6.42 Å². The molecule has 5 heteroatoms. The van der Waals surface area contributed by atoms with Crippen LogP contribution in [-0.4, -0.2) is 41.7 Å². The summed E-state index contributed by atoms with van der Waals surface area (Å²) in [5, 5.41) is 22.7. The molecule has 0 aromatic heterocycles. The van der Waals surface area contributed by atoms with E-state index in [1.54, 1.807) is 20.8 Å². The summed E-state index contributed by atoms with van der Waals surface area (Å²) in [6, 6.07) is 0. The van der Waals surface area contributed by atoms with Crippen LogP contribution in [0.3, 0.4) is 0 Å². The van der Waals surface area contributed by atoms with Crippen LogP contribution in [0.1, 0.15) is 27.2 Å². The van der Waals surface area contributed by atoms with Gasteiger partial charge in [-0.2, -0.15) is 0 Å². The van der Waals surface area contributed by atoms with Crippen LogP contribution in [0.2, 0.25) is 0 Å². The van der Waals surface area contributed by atoms with Crippen molar-refractivity contribution in [2.45, 2.75) is 27.2 Å². The molecule has 92 valence electrons. The average molecular weight is 298 g/mol. The third kappa shape index (κ3) is 422. The number of rotatable bonds is 1. The Kier molecular flexibility index (Phi) is 126. The van der Waals surface area contributed by atoms with E-state index in [1.807, 2.05) is 0 Å². The van der Waals surface area contributed by atoms with Crippen LogP contribution >= 0.6 is 0 Å². The van der Waals surface area contributed by atoms with E-state index in [0.29, 0.717) is 6.54 Å². The molecule has 0 saturated heterocycles. The smallest absolute Gasteiger partial charge is 0.188 e. The van der Waals surface area contributed by atoms with E-state index in [9.17, 15) is 0 Å². The summed E-state index contributed by atoms with van der Waals surface area (Å²) in [6.45, 7) is 16.0. The molecule has 0 aliphatic rings. The first-order chi connectivity index (χ1) is 6.66. The molecule has 0 fully saturated rings. The topological polar surface area (TPSA) is 65.0 Å². The molecule has 0 unspecified atom stereocenters. The van der Waals surface area contributed by atoms with Crippen molar-refractivity contribution in [1.82, 2.24) is 0 Å². The van der Waals surface area contributed by atoms with E-state index in [-0.39, 0.29) is 46.0 Å². The van der Waals surface area contributed by atoms with Crippen LogP contribution < -0.4 is 0 Å². The summed E-state index contributed by atoms with van der Waals surface area (Å²) in [7, 11) is 0. The van der Waals surface area contributed by atoms with Gasteiger partial charge < -0.3 is 27.1 Å². The molecule has 0 aromatic rings. The Morgan fingerprint density at radius 1 is 1.00 bits per heavy atom. The van der Waals surface area contributed by atoms with Gasteiger partial charge in [-0.15, -0.1) is 6.42 Å². The van der Waals surface area contributed by atoms with E-state index in [1.165, 1.54) is 0 Å². The first-order valence-corrected chi connectivity index (χ1v) is 4.61. The quantitative estimate of drug-likeness (QED) is 0.636. The van der Waals surface area contributed by atoms with E-state index in [2.05, 4.69) is 11.8 Å². The molecule has 0 bridgehead atoms. The van der Waals surface area contributed by atoms with Gasteiger partial charge in [0.05, 0.1) is 0 Å². The second kappa shape index (κ2) is 64.0. The fourth-order valence-corrected chi connectivity index (χ4v) is 0.0791. The average Bonchev–Trinajstić information content (AvgIpc) is 2.09. The summed E-state index contributed by atoms with van der Waals surface area (Å²) in [5.41, 5.74) is 0. The summed E-state index contributed by atoms with van der Waals surface area (Å²) < 4.78 is 0. The maximum absolute atomic E-state index is 7.57. The molecule has 0 atom stereocenters. The van der Waals surface area contributed by atoms with Crippen molar-refractivity contribution in [3.63, 3.8) is 0 Å². The minimum Gasteiger partial charge on any atom is -0.397 e.